The molecule has 0 aromatic heterocycles. The Hall–Kier alpha value is -1.22. The number of carbonyl (C=O) groups is 4. The molecular weight excluding hydrogens is 555 g/mol. The Morgan fingerprint density at radius 1 is 0.839 bits per heavy atom. The van der Waals surface area contributed by atoms with Gasteiger partial charge in [0.25, 0.3) is 0 Å². The van der Waals surface area contributed by atoms with Crippen molar-refractivity contribution in [2.45, 2.75) is 62.7 Å². The van der Waals surface area contributed by atoms with Crippen LogP contribution in [0.4, 0.5) is 0 Å². The molecule has 2 heterocycles. The van der Waals surface area contributed by atoms with E-state index in [-0.39, 0.29) is 19.8 Å². The summed E-state index contributed by atoms with van der Waals surface area (Å²) in [6, 6.07) is 0. The van der Waals surface area contributed by atoms with Gasteiger partial charge in [0.15, 0.2) is 0 Å². The molecule has 2 aliphatic rings. The fraction of sp³-hybridized carbons (Fsp3) is 0.765. The number of hydrogen-bond acceptors (Lipinski definition) is 12. The summed E-state index contributed by atoms with van der Waals surface area (Å²) in [5, 5.41) is -3.48. The van der Waals surface area contributed by atoms with Crippen LogP contribution in [0.5, 0.6) is 0 Å². The third-order valence-electron chi connectivity index (χ3n) is 3.97. The van der Waals surface area contributed by atoms with Crippen LogP contribution in [0.15, 0.2) is 0 Å². The van der Waals surface area contributed by atoms with Crippen LogP contribution in [0, 0.1) is 0 Å². The molecule has 14 heteroatoms. The van der Waals surface area contributed by atoms with E-state index in [0.717, 1.165) is 20.8 Å². The average Bonchev–Trinajstić information content (AvgIpc) is 2.64. The van der Waals surface area contributed by atoms with Gasteiger partial charge in [0, 0.05) is 0 Å². The molecule has 0 aromatic rings. The predicted octanol–water partition coefficient (Wildman–Crippen LogP) is 0.319. The third kappa shape index (κ3) is 8.00. The van der Waals surface area contributed by atoms with Crippen molar-refractivity contribution in [2.75, 3.05) is 19.8 Å². The molecule has 0 spiro atoms. The van der Waals surface area contributed by atoms with E-state index >= 15 is 0 Å². The second-order valence-electron chi connectivity index (χ2n) is 6.64. The van der Waals surface area contributed by atoms with E-state index < -0.39 is 78.1 Å². The molecular formula is C17H25O12PTe. The Labute approximate surface area is 188 Å². The second-order valence-corrected chi connectivity index (χ2v) is 15.2. The minimum atomic E-state index is -3.48. The molecule has 2 fully saturated rings. The molecule has 2 rings (SSSR count). The van der Waals surface area contributed by atoms with E-state index in [0.29, 0.717) is 6.42 Å². The van der Waals surface area contributed by atoms with Crippen LogP contribution in [0.3, 0.4) is 0 Å². The molecule has 0 aromatic carbocycles. The zero-order valence-electron chi connectivity index (χ0n) is 17.5. The first kappa shape index (κ1) is 26.0. The molecule has 0 bridgehead atoms. The van der Waals surface area contributed by atoms with Crippen molar-refractivity contribution >= 4 is 49.5 Å². The minimum absolute atomic E-state index is 0.243. The molecule has 0 radical (unpaired) electrons. The van der Waals surface area contributed by atoms with Crippen molar-refractivity contribution < 1.29 is 56.5 Å². The van der Waals surface area contributed by atoms with Crippen molar-refractivity contribution in [3.8, 4) is 0 Å². The second kappa shape index (κ2) is 11.6. The van der Waals surface area contributed by atoms with Crippen LogP contribution < -0.4 is 0 Å². The van der Waals surface area contributed by atoms with Gasteiger partial charge in [-0.25, -0.2) is 0 Å². The summed E-state index contributed by atoms with van der Waals surface area (Å²) in [5.74, 6) is -2.78. The van der Waals surface area contributed by atoms with Crippen LogP contribution >= 0.6 is 5.29 Å². The van der Waals surface area contributed by atoms with Crippen LogP contribution in [-0.2, 0) is 56.5 Å². The van der Waals surface area contributed by atoms with Gasteiger partial charge in [0.1, 0.15) is 0 Å². The van der Waals surface area contributed by atoms with Crippen molar-refractivity contribution in [1.29, 1.82) is 0 Å². The van der Waals surface area contributed by atoms with Crippen LogP contribution in [0.25, 0.3) is 0 Å². The summed E-state index contributed by atoms with van der Waals surface area (Å²) in [6.07, 6.45) is -4.26. The fourth-order valence-corrected chi connectivity index (χ4v) is 11.2. The first-order valence-electron chi connectivity index (χ1n) is 9.39. The summed E-state index contributed by atoms with van der Waals surface area (Å²) >= 11 is -1.81. The molecule has 2 aliphatic heterocycles. The van der Waals surface area contributed by atoms with E-state index in [9.17, 15) is 23.7 Å². The molecule has 0 N–H and O–H groups in total. The Morgan fingerprint density at radius 2 is 1.35 bits per heavy atom. The van der Waals surface area contributed by atoms with Crippen molar-refractivity contribution in [2.24, 2.45) is 0 Å². The van der Waals surface area contributed by atoms with Gasteiger partial charge >= 0.3 is 189 Å². The van der Waals surface area contributed by atoms with Crippen molar-refractivity contribution in [1.82, 2.24) is 0 Å². The normalized spacial score (nSPS) is 30.0. The van der Waals surface area contributed by atoms with Gasteiger partial charge in [-0.3, -0.25) is 0 Å². The molecule has 31 heavy (non-hydrogen) atoms. The summed E-state index contributed by atoms with van der Waals surface area (Å²) in [7, 11) is 0. The first-order chi connectivity index (χ1) is 14.5. The van der Waals surface area contributed by atoms with Gasteiger partial charge in [0.05, 0.1) is 0 Å². The molecule has 0 saturated carbocycles. The van der Waals surface area contributed by atoms with Gasteiger partial charge in [-0.1, -0.05) is 0 Å². The maximum absolute atomic E-state index is 13.0. The van der Waals surface area contributed by atoms with E-state index in [1.807, 2.05) is 0 Å². The van der Waals surface area contributed by atoms with Gasteiger partial charge in [-0.05, 0) is 0 Å². The van der Waals surface area contributed by atoms with Crippen LogP contribution in [0.2, 0.25) is 0 Å². The van der Waals surface area contributed by atoms with E-state index in [2.05, 4.69) is 0 Å². The maximum atomic E-state index is 13.0. The monoisotopic (exact) mass is 582 g/mol. The van der Waals surface area contributed by atoms with E-state index in [4.69, 9.17) is 32.7 Å². The molecule has 5 atom stereocenters. The van der Waals surface area contributed by atoms with Crippen molar-refractivity contribution in [3.63, 3.8) is 0 Å². The quantitative estimate of drug-likeness (QED) is 0.177. The average molecular weight is 580 g/mol. The molecule has 12 nitrogen and oxygen atoms in total. The third-order valence-corrected chi connectivity index (χ3v) is 12.3. The van der Waals surface area contributed by atoms with Crippen LogP contribution in [0.1, 0.15) is 34.1 Å². The molecule has 0 aliphatic carbocycles. The predicted molar refractivity (Wildman–Crippen MR) is 102 cm³/mol. The summed E-state index contributed by atoms with van der Waals surface area (Å²) in [4.78, 5) is 46.6. The Bertz CT molecular complexity index is 733. The Morgan fingerprint density at radius 3 is 1.87 bits per heavy atom. The van der Waals surface area contributed by atoms with Gasteiger partial charge in [0.2, 0.25) is 0 Å². The zero-order chi connectivity index (χ0) is 23.2. The molecule has 0 amide bonds. The fourth-order valence-electron chi connectivity index (χ4n) is 2.91. The van der Waals surface area contributed by atoms with E-state index in [1.165, 1.54) is 6.92 Å². The van der Waals surface area contributed by atoms with Gasteiger partial charge in [-0.15, -0.1) is 0 Å². The number of carbonyl (C=O) groups excluding carboxylic acids is 4. The molecule has 0 unspecified atom stereocenters. The number of hydrogen-bond donors (Lipinski definition) is 0. The number of esters is 4. The SMILES string of the molecule is CC(=O)OC[C@H]1O[C@@H]([Te]P2(=O)OCCCO2)[C@H](OC(C)=O)[C@@H](OC(C)=O)[C@@H]1OC(C)=O. The van der Waals surface area contributed by atoms with Gasteiger partial charge in [-0.2, -0.15) is 0 Å². The van der Waals surface area contributed by atoms with Crippen molar-refractivity contribution in [3.05, 3.63) is 0 Å². The summed E-state index contributed by atoms with van der Waals surface area (Å²) < 4.78 is 49.6. The van der Waals surface area contributed by atoms with Crippen LogP contribution in [-0.4, -0.2) is 92.6 Å². The van der Waals surface area contributed by atoms with Gasteiger partial charge < -0.3 is 0 Å². The number of ether oxygens (including phenoxy) is 5. The summed E-state index contributed by atoms with van der Waals surface area (Å²) in [6.45, 7) is 4.74. The first-order valence-corrected chi connectivity index (χ1v) is 15.3. The zero-order valence-corrected chi connectivity index (χ0v) is 20.7. The number of rotatable bonds is 7. The molecule has 176 valence electrons. The molecule has 2 saturated heterocycles. The topological polar surface area (TPSA) is 150 Å². The van der Waals surface area contributed by atoms with E-state index in [1.54, 1.807) is 0 Å². The Balaban J connectivity index is 2.41. The summed E-state index contributed by atoms with van der Waals surface area (Å²) in [5.41, 5.74) is 0. The Kier molecular flexibility index (Phi) is 9.73. The standard InChI is InChI=1S/C17H25O12PTe/c1-9(18)23-8-13-14(26-10(2)19)15(27-11(3)20)16(28-12(4)21)17(29-13)31-30(22)24-6-5-7-25-30/h13-17H,5-8H2,1-4H3/t13-,14-,15+,16-,17+/m1/s1.